The Morgan fingerprint density at radius 3 is 2.77 bits per heavy atom. The number of para-hydroxylation sites is 1. The lowest BCUT2D eigenvalue weighted by Gasteiger charge is -2.37. The lowest BCUT2D eigenvalue weighted by atomic mass is 9.76. The van der Waals surface area contributed by atoms with Gasteiger partial charge in [0.1, 0.15) is 5.75 Å². The Bertz CT molecular complexity index is 855. The van der Waals surface area contributed by atoms with E-state index in [4.69, 9.17) is 4.74 Å². The van der Waals surface area contributed by atoms with Crippen LogP contribution in [0, 0.1) is 5.92 Å². The summed E-state index contributed by atoms with van der Waals surface area (Å²) in [7, 11) is 0. The van der Waals surface area contributed by atoms with Crippen molar-refractivity contribution in [3.05, 3.63) is 77.8 Å². The second-order valence-electron chi connectivity index (χ2n) is 6.65. The van der Waals surface area contributed by atoms with Crippen molar-refractivity contribution in [3.63, 3.8) is 0 Å². The molecular formula is C21H20N2O3. The van der Waals surface area contributed by atoms with Gasteiger partial charge in [-0.15, -0.1) is 0 Å². The zero-order valence-electron chi connectivity index (χ0n) is 14.2. The summed E-state index contributed by atoms with van der Waals surface area (Å²) in [5.74, 6) is 0.719. The maximum atomic E-state index is 12.9. The van der Waals surface area contributed by atoms with E-state index in [0.29, 0.717) is 18.4 Å². The minimum Gasteiger partial charge on any atom is -0.464 e. The molecule has 2 aliphatic rings. The first-order valence-corrected chi connectivity index (χ1v) is 8.74. The third kappa shape index (κ3) is 3.39. The summed E-state index contributed by atoms with van der Waals surface area (Å²) in [4.78, 5) is 17.3. The molecule has 132 valence electrons. The van der Waals surface area contributed by atoms with Crippen molar-refractivity contribution in [1.29, 1.82) is 0 Å². The standard InChI is InChI=1S/C21H20N2O3/c24-17-12-16(13-17)20(18-6-3-4-9-22-18)23-21(25)15-8-10-26-19-7-2-1-5-14(19)11-15/h1-11,16-17,20,24H,12-13H2,(H,23,25). The van der Waals surface area contributed by atoms with Gasteiger partial charge in [0.05, 0.1) is 24.1 Å². The fourth-order valence-electron chi connectivity index (χ4n) is 3.36. The molecular weight excluding hydrogens is 328 g/mol. The summed E-state index contributed by atoms with van der Waals surface area (Å²) in [5.41, 5.74) is 2.19. The van der Waals surface area contributed by atoms with E-state index in [1.165, 1.54) is 6.26 Å². The maximum absolute atomic E-state index is 12.9. The van der Waals surface area contributed by atoms with Crippen molar-refractivity contribution < 1.29 is 14.6 Å². The van der Waals surface area contributed by atoms with Gasteiger partial charge in [-0.1, -0.05) is 24.3 Å². The quantitative estimate of drug-likeness (QED) is 0.891. The number of fused-ring (bicyclic) bond motifs is 1. The van der Waals surface area contributed by atoms with Gasteiger partial charge in [-0.3, -0.25) is 9.78 Å². The molecule has 1 saturated carbocycles. The Balaban J connectivity index is 1.58. The lowest BCUT2D eigenvalue weighted by Crippen LogP contribution is -2.42. The number of nitrogens with zero attached hydrogens (tertiary/aromatic N) is 1. The highest BCUT2D eigenvalue weighted by atomic mass is 16.5. The largest absolute Gasteiger partial charge is 0.464 e. The van der Waals surface area contributed by atoms with E-state index in [9.17, 15) is 9.90 Å². The molecule has 2 heterocycles. The fourth-order valence-corrected chi connectivity index (χ4v) is 3.36. The van der Waals surface area contributed by atoms with Gasteiger partial charge in [-0.05, 0) is 49.1 Å². The summed E-state index contributed by atoms with van der Waals surface area (Å²) >= 11 is 0. The summed E-state index contributed by atoms with van der Waals surface area (Å²) in [5, 5.41) is 12.8. The average Bonchev–Trinajstić information content (AvgIpc) is 2.87. The number of pyridine rings is 1. The molecule has 1 unspecified atom stereocenters. The molecule has 5 heteroatoms. The summed E-state index contributed by atoms with van der Waals surface area (Å²) in [6.07, 6.45) is 7.78. The van der Waals surface area contributed by atoms with Crippen LogP contribution in [0.3, 0.4) is 0 Å². The van der Waals surface area contributed by atoms with Gasteiger partial charge in [-0.2, -0.15) is 0 Å². The van der Waals surface area contributed by atoms with Crippen LogP contribution in [-0.2, 0) is 4.79 Å². The van der Waals surface area contributed by atoms with E-state index >= 15 is 0 Å². The number of benzene rings is 1. The number of aromatic nitrogens is 1. The topological polar surface area (TPSA) is 71.5 Å². The van der Waals surface area contributed by atoms with Gasteiger partial charge < -0.3 is 15.2 Å². The van der Waals surface area contributed by atoms with Crippen molar-refractivity contribution in [1.82, 2.24) is 10.3 Å². The highest BCUT2D eigenvalue weighted by Crippen LogP contribution is 2.37. The Morgan fingerprint density at radius 1 is 1.19 bits per heavy atom. The molecule has 2 aromatic rings. The smallest absolute Gasteiger partial charge is 0.251 e. The van der Waals surface area contributed by atoms with E-state index in [2.05, 4.69) is 10.3 Å². The molecule has 2 N–H and O–H groups in total. The molecule has 5 nitrogen and oxygen atoms in total. The van der Waals surface area contributed by atoms with Gasteiger partial charge in [0.25, 0.3) is 5.91 Å². The second-order valence-corrected chi connectivity index (χ2v) is 6.65. The van der Waals surface area contributed by atoms with Gasteiger partial charge in [0, 0.05) is 17.3 Å². The summed E-state index contributed by atoms with van der Waals surface area (Å²) < 4.78 is 5.55. The normalized spacial score (nSPS) is 22.1. The van der Waals surface area contributed by atoms with Crippen LogP contribution >= 0.6 is 0 Å². The first-order chi connectivity index (χ1) is 12.7. The van der Waals surface area contributed by atoms with E-state index in [0.717, 1.165) is 17.0 Å². The van der Waals surface area contributed by atoms with E-state index < -0.39 is 0 Å². The number of aliphatic hydroxyl groups is 1. The molecule has 0 bridgehead atoms. The molecule has 1 aromatic carbocycles. The van der Waals surface area contributed by atoms with E-state index in [1.54, 1.807) is 12.3 Å². The second kappa shape index (κ2) is 7.14. The Kier molecular flexibility index (Phi) is 4.54. The molecule has 0 saturated heterocycles. The van der Waals surface area contributed by atoms with Crippen molar-refractivity contribution >= 4 is 12.0 Å². The zero-order valence-corrected chi connectivity index (χ0v) is 14.2. The first-order valence-electron chi connectivity index (χ1n) is 8.74. The summed E-state index contributed by atoms with van der Waals surface area (Å²) in [6.45, 7) is 0. The van der Waals surface area contributed by atoms with Crippen molar-refractivity contribution in [2.24, 2.45) is 5.92 Å². The molecule has 1 atom stereocenters. The number of hydrogen-bond donors (Lipinski definition) is 2. The molecule has 1 aromatic heterocycles. The van der Waals surface area contributed by atoms with Crippen LogP contribution in [0.5, 0.6) is 5.75 Å². The molecule has 1 fully saturated rings. The van der Waals surface area contributed by atoms with Crippen molar-refractivity contribution in [2.45, 2.75) is 25.0 Å². The summed E-state index contributed by atoms with van der Waals surface area (Å²) in [6, 6.07) is 13.0. The third-order valence-corrected chi connectivity index (χ3v) is 4.85. The molecule has 0 spiro atoms. The van der Waals surface area contributed by atoms with Gasteiger partial charge in [0.15, 0.2) is 0 Å². The van der Waals surface area contributed by atoms with Crippen LogP contribution < -0.4 is 10.1 Å². The zero-order chi connectivity index (χ0) is 17.9. The Morgan fingerprint density at radius 2 is 2.00 bits per heavy atom. The number of amides is 1. The van der Waals surface area contributed by atoms with E-state index in [-0.39, 0.29) is 24.0 Å². The minimum atomic E-state index is -0.291. The molecule has 1 aliphatic carbocycles. The number of aliphatic hydroxyl groups excluding tert-OH is 1. The monoisotopic (exact) mass is 348 g/mol. The number of hydrogen-bond acceptors (Lipinski definition) is 4. The SMILES string of the molecule is O=C(NC(c1ccccn1)C1CC(O)C1)C1=Cc2ccccc2OC=C1. The lowest BCUT2D eigenvalue weighted by molar-refractivity contribution is -0.119. The number of carbonyl (C=O) groups is 1. The molecule has 4 rings (SSSR count). The van der Waals surface area contributed by atoms with Crippen LogP contribution in [-0.4, -0.2) is 22.1 Å². The first kappa shape index (κ1) is 16.5. The Hall–Kier alpha value is -2.92. The molecule has 26 heavy (non-hydrogen) atoms. The highest BCUT2D eigenvalue weighted by molar-refractivity contribution is 6.01. The van der Waals surface area contributed by atoms with Crippen molar-refractivity contribution in [3.8, 4) is 5.75 Å². The Labute approximate surface area is 152 Å². The van der Waals surface area contributed by atoms with E-state index in [1.807, 2.05) is 48.5 Å². The van der Waals surface area contributed by atoms with Gasteiger partial charge >= 0.3 is 0 Å². The number of carbonyl (C=O) groups excluding carboxylic acids is 1. The molecule has 1 aliphatic heterocycles. The van der Waals surface area contributed by atoms with Crippen LogP contribution in [0.1, 0.15) is 30.1 Å². The third-order valence-electron chi connectivity index (χ3n) is 4.85. The minimum absolute atomic E-state index is 0.182. The van der Waals surface area contributed by atoms with Crippen LogP contribution in [0.4, 0.5) is 0 Å². The van der Waals surface area contributed by atoms with Crippen LogP contribution in [0.2, 0.25) is 0 Å². The maximum Gasteiger partial charge on any atom is 0.251 e. The predicted octanol–water partition coefficient (Wildman–Crippen LogP) is 3.00. The van der Waals surface area contributed by atoms with Crippen molar-refractivity contribution in [2.75, 3.05) is 0 Å². The highest BCUT2D eigenvalue weighted by Gasteiger charge is 2.36. The fraction of sp³-hybridized carbons (Fsp3) is 0.238. The number of ether oxygens (including phenoxy) is 1. The van der Waals surface area contributed by atoms with Gasteiger partial charge in [0.2, 0.25) is 0 Å². The molecule has 1 amide bonds. The van der Waals surface area contributed by atoms with Crippen LogP contribution in [0.15, 0.2) is 66.6 Å². The average molecular weight is 348 g/mol. The number of rotatable bonds is 4. The van der Waals surface area contributed by atoms with Crippen LogP contribution in [0.25, 0.3) is 6.08 Å². The number of nitrogens with one attached hydrogen (secondary N) is 1. The predicted molar refractivity (Wildman–Crippen MR) is 98.0 cm³/mol. The molecule has 0 radical (unpaired) electrons. The van der Waals surface area contributed by atoms with Gasteiger partial charge in [-0.25, -0.2) is 0 Å².